The van der Waals surface area contributed by atoms with E-state index < -0.39 is 5.43 Å². The molecule has 0 aliphatic rings. The first kappa shape index (κ1) is 12.2. The van der Waals surface area contributed by atoms with Crippen LogP contribution in [0.25, 0.3) is 10.1 Å². The molecule has 80 valence electrons. The summed E-state index contributed by atoms with van der Waals surface area (Å²) in [7, 11) is 0. The molecule has 1 aromatic carbocycles. The summed E-state index contributed by atoms with van der Waals surface area (Å²) in [5.74, 6) is -0.212. The lowest BCUT2D eigenvalue weighted by Crippen LogP contribution is -1.69. The molecule has 0 bridgehead atoms. The molecule has 0 saturated carbocycles. The van der Waals surface area contributed by atoms with E-state index in [4.69, 9.17) is 21.5 Å². The second kappa shape index (κ2) is 5.30. The molecule has 0 radical (unpaired) electrons. The maximum Gasteiger partial charge on any atom is 0.401 e. The summed E-state index contributed by atoms with van der Waals surface area (Å²) in [6.45, 7) is 0. The molecule has 0 unspecified atom stereocenters. The van der Waals surface area contributed by atoms with Crippen molar-refractivity contribution < 1.29 is 14.3 Å². The minimum absolute atomic E-state index is 0.212. The predicted molar refractivity (Wildman–Crippen MR) is 60.7 cm³/mol. The van der Waals surface area contributed by atoms with E-state index in [9.17, 15) is 4.39 Å². The van der Waals surface area contributed by atoms with Crippen molar-refractivity contribution in [2.75, 3.05) is 0 Å². The maximum atomic E-state index is 12.6. The molecule has 0 aliphatic carbocycles. The van der Waals surface area contributed by atoms with E-state index in [1.165, 1.54) is 23.5 Å². The Morgan fingerprint density at radius 3 is 2.67 bits per heavy atom. The maximum absolute atomic E-state index is 12.6. The van der Waals surface area contributed by atoms with Gasteiger partial charge in [-0.05, 0) is 18.2 Å². The third-order valence-corrected chi connectivity index (χ3v) is 2.88. The number of hydrogen-bond acceptors (Lipinski definition) is 2. The summed E-state index contributed by atoms with van der Waals surface area (Å²) in [6.07, 6.45) is 0. The minimum Gasteiger partial charge on any atom is -0.469 e. The molecule has 0 atom stereocenters. The second-order valence-electron chi connectivity index (χ2n) is 2.48. The average molecular weight is 267 g/mol. The lowest BCUT2D eigenvalue weighted by atomic mass is 10.3. The lowest BCUT2D eigenvalue weighted by Gasteiger charge is -1.88. The van der Waals surface area contributed by atoms with Crippen molar-refractivity contribution in [1.29, 1.82) is 0 Å². The Morgan fingerprint density at radius 2 is 2.07 bits per heavy atom. The minimum atomic E-state index is -1.36. The molecule has 0 amide bonds. The van der Waals surface area contributed by atoms with Crippen molar-refractivity contribution in [3.05, 3.63) is 34.4 Å². The first-order valence-electron chi connectivity index (χ1n) is 3.71. The van der Waals surface area contributed by atoms with Crippen LogP contribution in [0.3, 0.4) is 0 Å². The number of carbonyl (C=O) groups is 1. The van der Waals surface area contributed by atoms with Gasteiger partial charge in [0.05, 0.1) is 5.02 Å². The van der Waals surface area contributed by atoms with Crippen LogP contribution in [0.2, 0.25) is 5.02 Å². The van der Waals surface area contributed by atoms with Gasteiger partial charge in [-0.2, -0.15) is 0 Å². The molecule has 0 aliphatic heterocycles. The summed E-state index contributed by atoms with van der Waals surface area (Å²) in [4.78, 5) is 8.77. The van der Waals surface area contributed by atoms with Crippen LogP contribution in [-0.4, -0.2) is 10.5 Å². The van der Waals surface area contributed by atoms with Crippen molar-refractivity contribution in [2.45, 2.75) is 0 Å². The molecule has 2 nitrogen and oxygen atoms in total. The van der Waals surface area contributed by atoms with Gasteiger partial charge >= 0.3 is 5.43 Å². The topological polar surface area (TPSA) is 37.3 Å². The third-order valence-electron chi connectivity index (χ3n) is 1.49. The van der Waals surface area contributed by atoms with E-state index in [2.05, 4.69) is 11.6 Å². The van der Waals surface area contributed by atoms with Crippen LogP contribution < -0.4 is 0 Å². The number of hydrogen-bond donors (Lipinski definition) is 1. The number of thiophene rings is 1. The lowest BCUT2D eigenvalue weighted by molar-refractivity contribution is 0.220. The van der Waals surface area contributed by atoms with Gasteiger partial charge < -0.3 is 5.11 Å². The predicted octanol–water partition coefficient (Wildman–Crippen LogP) is 4.60. The van der Waals surface area contributed by atoms with Crippen molar-refractivity contribution in [3.8, 4) is 0 Å². The van der Waals surface area contributed by atoms with Gasteiger partial charge in [-0.1, -0.05) is 11.6 Å². The Balaban J connectivity index is 0.000000245. The normalized spacial score (nSPS) is 9.53. The van der Waals surface area contributed by atoms with Gasteiger partial charge in [0.1, 0.15) is 5.82 Å². The molecule has 1 heterocycles. The van der Waals surface area contributed by atoms with Crippen molar-refractivity contribution in [1.82, 2.24) is 0 Å². The zero-order valence-corrected chi connectivity index (χ0v) is 9.54. The highest BCUT2D eigenvalue weighted by molar-refractivity contribution is 7.17. The van der Waals surface area contributed by atoms with Crippen LogP contribution in [-0.2, 0) is 0 Å². The van der Waals surface area contributed by atoms with Crippen LogP contribution >= 0.6 is 34.5 Å². The van der Waals surface area contributed by atoms with Crippen LogP contribution in [0, 0.1) is 5.82 Å². The van der Waals surface area contributed by atoms with E-state index in [0.717, 1.165) is 10.1 Å². The van der Waals surface area contributed by atoms with Gasteiger partial charge in [0, 0.05) is 27.1 Å². The van der Waals surface area contributed by atoms with Crippen molar-refractivity contribution in [3.63, 3.8) is 0 Å². The Bertz CT molecular complexity index is 480. The van der Waals surface area contributed by atoms with E-state index in [1.807, 2.05) is 5.38 Å². The molecular formula is C9H5Cl2FO2S. The van der Waals surface area contributed by atoms with Crippen LogP contribution in [0.5, 0.6) is 0 Å². The molecular weight excluding hydrogens is 262 g/mol. The molecule has 6 heteroatoms. The highest BCUT2D eigenvalue weighted by atomic mass is 35.5. The molecule has 2 aromatic rings. The number of halogens is 3. The van der Waals surface area contributed by atoms with Crippen molar-refractivity contribution >= 4 is 50.1 Å². The quantitative estimate of drug-likeness (QED) is 0.708. The summed E-state index contributed by atoms with van der Waals surface area (Å²) in [5.41, 5.74) is -1.36. The number of fused-ring (bicyclic) bond motifs is 1. The molecule has 0 saturated heterocycles. The molecule has 1 aromatic heterocycles. The fraction of sp³-hybridized carbons (Fsp3) is 0. The standard InChI is InChI=1S/C8H4ClFS.CHClO2/c9-7-4-11-8-3-5(10)1-2-6(7)8;2-1(3)4/h1-4H;(H,3,4). The highest BCUT2D eigenvalue weighted by Gasteiger charge is 2.01. The molecule has 0 spiro atoms. The Kier molecular flexibility index (Phi) is 4.32. The summed E-state index contributed by atoms with van der Waals surface area (Å²) in [6, 6.07) is 4.61. The number of carboxylic acid groups (broad SMARTS) is 1. The third kappa shape index (κ3) is 3.66. The van der Waals surface area contributed by atoms with Gasteiger partial charge in [-0.25, -0.2) is 9.18 Å². The first-order valence-corrected chi connectivity index (χ1v) is 5.35. The monoisotopic (exact) mass is 266 g/mol. The molecule has 15 heavy (non-hydrogen) atoms. The average Bonchev–Trinajstić information content (AvgIpc) is 2.46. The molecule has 0 fully saturated rings. The Morgan fingerprint density at radius 1 is 1.47 bits per heavy atom. The van der Waals surface area contributed by atoms with Crippen LogP contribution in [0.1, 0.15) is 0 Å². The zero-order chi connectivity index (χ0) is 11.4. The summed E-state index contributed by atoms with van der Waals surface area (Å²) >= 11 is 11.5. The van der Waals surface area contributed by atoms with Crippen LogP contribution in [0.4, 0.5) is 9.18 Å². The second-order valence-corrected chi connectivity index (χ2v) is 4.12. The SMILES string of the molecule is Fc1ccc2c(Cl)csc2c1.O=C(O)Cl. The fourth-order valence-corrected chi connectivity index (χ4v) is 2.17. The number of rotatable bonds is 0. The van der Waals surface area contributed by atoms with Crippen LogP contribution in [0.15, 0.2) is 23.6 Å². The zero-order valence-electron chi connectivity index (χ0n) is 7.21. The van der Waals surface area contributed by atoms with E-state index in [-0.39, 0.29) is 5.82 Å². The smallest absolute Gasteiger partial charge is 0.401 e. The first-order chi connectivity index (χ1) is 7.00. The molecule has 2 rings (SSSR count). The largest absolute Gasteiger partial charge is 0.469 e. The van der Waals surface area contributed by atoms with E-state index >= 15 is 0 Å². The van der Waals surface area contributed by atoms with E-state index in [1.54, 1.807) is 6.07 Å². The van der Waals surface area contributed by atoms with Gasteiger partial charge in [0.15, 0.2) is 0 Å². The summed E-state index contributed by atoms with van der Waals surface area (Å²) < 4.78 is 13.5. The Labute approximate surface area is 98.9 Å². The van der Waals surface area contributed by atoms with Gasteiger partial charge in [0.25, 0.3) is 0 Å². The Hall–Kier alpha value is -0.840. The van der Waals surface area contributed by atoms with Gasteiger partial charge in [-0.3, -0.25) is 0 Å². The summed E-state index contributed by atoms with van der Waals surface area (Å²) in [5, 5.41) is 10.6. The number of benzene rings is 1. The molecule has 1 N–H and O–H groups in total. The highest BCUT2D eigenvalue weighted by Crippen LogP contribution is 2.29. The van der Waals surface area contributed by atoms with Gasteiger partial charge in [0.2, 0.25) is 0 Å². The van der Waals surface area contributed by atoms with E-state index in [0.29, 0.717) is 5.02 Å². The van der Waals surface area contributed by atoms with Gasteiger partial charge in [-0.15, -0.1) is 11.3 Å². The fourth-order valence-electron chi connectivity index (χ4n) is 0.970. The van der Waals surface area contributed by atoms with Crippen molar-refractivity contribution in [2.24, 2.45) is 0 Å².